The highest BCUT2D eigenvalue weighted by Gasteiger charge is 2.21. The highest BCUT2D eigenvalue weighted by atomic mass is 16.5. The molecule has 2 aromatic heterocycles. The molecule has 0 aliphatic carbocycles. The van der Waals surface area contributed by atoms with Gasteiger partial charge >= 0.3 is 0 Å². The Hall–Kier alpha value is -3.81. The fourth-order valence-electron chi connectivity index (χ4n) is 4.19. The molecule has 1 saturated heterocycles. The summed E-state index contributed by atoms with van der Waals surface area (Å²) in [4.78, 5) is 36.5. The Labute approximate surface area is 224 Å². The smallest absolute Gasteiger partial charge is 0.258 e. The van der Waals surface area contributed by atoms with E-state index in [4.69, 9.17) is 10.00 Å². The molecule has 1 aliphatic heterocycles. The van der Waals surface area contributed by atoms with E-state index in [9.17, 15) is 9.59 Å². The number of nitriles is 1. The van der Waals surface area contributed by atoms with Crippen LogP contribution in [-0.4, -0.2) is 71.1 Å². The Morgan fingerprint density at radius 3 is 2.61 bits per heavy atom. The quantitative estimate of drug-likeness (QED) is 0.412. The maximum absolute atomic E-state index is 12.8. The molecule has 0 unspecified atom stereocenters. The molecule has 0 bridgehead atoms. The number of aromatic nitrogens is 3. The van der Waals surface area contributed by atoms with Crippen molar-refractivity contribution in [3.05, 3.63) is 53.2 Å². The first-order chi connectivity index (χ1) is 18.5. The molecular formula is C28H37N7O3. The molecule has 3 aromatic rings. The lowest BCUT2D eigenvalue weighted by Gasteiger charge is -2.26. The van der Waals surface area contributed by atoms with Gasteiger partial charge in [-0.2, -0.15) is 5.26 Å². The Bertz CT molecular complexity index is 1260. The summed E-state index contributed by atoms with van der Waals surface area (Å²) in [5, 5.41) is 15.0. The standard InChI is InChI=1S/C23H24N6O2.C5H13NO/c1-2-9-29-20-19(13-18(15-25-20)22(31)28-10-4-3-5-11-28)26-23(29)27-21(30)17-8-6-7-16(12-17)14-24;1-3-6-4-5-7-2/h6-8,12-13,15H,2-5,9-11H2,1H3,(H,26,27,30);6H,3-5H2,1-2H3. The molecule has 0 radical (unpaired) electrons. The zero-order chi connectivity index (χ0) is 27.3. The SMILES string of the molecule is CCCn1c(NC(=O)c2cccc(C#N)c2)nc2cc(C(=O)N3CCCCC3)cnc21.CCNCCOC. The van der Waals surface area contributed by atoms with Crippen LogP contribution in [0.25, 0.3) is 11.2 Å². The lowest BCUT2D eigenvalue weighted by atomic mass is 10.1. The minimum Gasteiger partial charge on any atom is -0.383 e. The van der Waals surface area contributed by atoms with Gasteiger partial charge in [0.1, 0.15) is 5.52 Å². The van der Waals surface area contributed by atoms with Crippen LogP contribution in [0.4, 0.5) is 5.95 Å². The number of nitrogens with zero attached hydrogens (tertiary/aromatic N) is 5. The molecule has 1 aromatic carbocycles. The molecule has 2 N–H and O–H groups in total. The summed E-state index contributed by atoms with van der Waals surface area (Å²) in [5.74, 6) is -0.00768. The topological polar surface area (TPSA) is 125 Å². The van der Waals surface area contributed by atoms with Gasteiger partial charge in [-0.1, -0.05) is 19.9 Å². The minimum atomic E-state index is -0.352. The van der Waals surface area contributed by atoms with E-state index in [-0.39, 0.29) is 11.8 Å². The summed E-state index contributed by atoms with van der Waals surface area (Å²) in [6.45, 7) is 9.08. The largest absolute Gasteiger partial charge is 0.383 e. The van der Waals surface area contributed by atoms with Gasteiger partial charge in [-0.25, -0.2) is 9.97 Å². The predicted octanol–water partition coefficient (Wildman–Crippen LogP) is 3.83. The van der Waals surface area contributed by atoms with Crippen molar-refractivity contribution in [3.8, 4) is 6.07 Å². The highest BCUT2D eigenvalue weighted by molar-refractivity contribution is 6.04. The average Bonchev–Trinajstić information content (AvgIpc) is 3.29. The van der Waals surface area contributed by atoms with Crippen LogP contribution in [0, 0.1) is 11.3 Å². The monoisotopic (exact) mass is 519 g/mol. The maximum atomic E-state index is 12.8. The molecule has 0 saturated carbocycles. The van der Waals surface area contributed by atoms with E-state index in [0.717, 1.165) is 58.5 Å². The summed E-state index contributed by atoms with van der Waals surface area (Å²) >= 11 is 0. The number of fused-ring (bicyclic) bond motifs is 1. The summed E-state index contributed by atoms with van der Waals surface area (Å²) in [6, 6.07) is 10.3. The zero-order valence-corrected chi connectivity index (χ0v) is 22.5. The Kier molecular flexibility index (Phi) is 11.2. The van der Waals surface area contributed by atoms with Crippen LogP contribution in [0.5, 0.6) is 0 Å². The summed E-state index contributed by atoms with van der Waals surface area (Å²) in [6.07, 6.45) is 5.62. The predicted molar refractivity (Wildman–Crippen MR) is 147 cm³/mol. The van der Waals surface area contributed by atoms with E-state index in [2.05, 4.69) is 27.5 Å². The van der Waals surface area contributed by atoms with Crippen molar-refractivity contribution in [1.82, 2.24) is 24.8 Å². The number of benzene rings is 1. The maximum Gasteiger partial charge on any atom is 0.258 e. The number of piperidine rings is 1. The van der Waals surface area contributed by atoms with Crippen molar-refractivity contribution in [2.75, 3.05) is 45.2 Å². The Morgan fingerprint density at radius 1 is 1.13 bits per heavy atom. The van der Waals surface area contributed by atoms with E-state index in [1.165, 1.54) is 6.07 Å². The molecule has 38 heavy (non-hydrogen) atoms. The number of likely N-dealkylation sites (N-methyl/N-ethyl adjacent to an activating group) is 1. The average molecular weight is 520 g/mol. The van der Waals surface area contributed by atoms with Crippen molar-refractivity contribution >= 4 is 28.9 Å². The molecule has 202 valence electrons. The third-order valence-electron chi connectivity index (χ3n) is 6.13. The van der Waals surface area contributed by atoms with E-state index in [1.54, 1.807) is 37.6 Å². The molecule has 10 nitrogen and oxygen atoms in total. The fourth-order valence-corrected chi connectivity index (χ4v) is 4.19. The first-order valence-electron chi connectivity index (χ1n) is 13.2. The van der Waals surface area contributed by atoms with Gasteiger partial charge in [0.25, 0.3) is 11.8 Å². The van der Waals surface area contributed by atoms with Gasteiger partial charge in [-0.15, -0.1) is 0 Å². The zero-order valence-electron chi connectivity index (χ0n) is 22.5. The molecule has 1 fully saturated rings. The highest BCUT2D eigenvalue weighted by Crippen LogP contribution is 2.22. The summed E-state index contributed by atoms with van der Waals surface area (Å²) < 4.78 is 6.63. The third-order valence-corrected chi connectivity index (χ3v) is 6.13. The number of anilines is 1. The lowest BCUT2D eigenvalue weighted by molar-refractivity contribution is 0.0724. The number of methoxy groups -OCH3 is 1. The first kappa shape index (κ1) is 28.8. The van der Waals surface area contributed by atoms with Gasteiger partial charge in [0.05, 0.1) is 23.8 Å². The number of aryl methyl sites for hydroxylation is 1. The van der Waals surface area contributed by atoms with Crippen molar-refractivity contribution < 1.29 is 14.3 Å². The molecule has 0 spiro atoms. The number of hydrogen-bond donors (Lipinski definition) is 2. The summed E-state index contributed by atoms with van der Waals surface area (Å²) in [7, 11) is 1.71. The van der Waals surface area contributed by atoms with Gasteiger partial charge in [-0.3, -0.25) is 19.5 Å². The molecule has 0 atom stereocenters. The van der Waals surface area contributed by atoms with Crippen LogP contribution in [0.2, 0.25) is 0 Å². The van der Waals surface area contributed by atoms with Gasteiger partial charge in [-0.05, 0) is 56.5 Å². The van der Waals surface area contributed by atoms with Crippen LogP contribution in [0.15, 0.2) is 36.5 Å². The number of hydrogen-bond acceptors (Lipinski definition) is 7. The molecule has 3 heterocycles. The molecule has 10 heteroatoms. The Morgan fingerprint density at radius 2 is 1.92 bits per heavy atom. The van der Waals surface area contributed by atoms with Gasteiger partial charge in [0.15, 0.2) is 5.65 Å². The lowest BCUT2D eigenvalue weighted by Crippen LogP contribution is -2.35. The number of likely N-dealkylation sites (tertiary alicyclic amines) is 1. The van der Waals surface area contributed by atoms with Crippen LogP contribution in [-0.2, 0) is 11.3 Å². The number of amides is 2. The number of pyridine rings is 1. The molecule has 2 amide bonds. The van der Waals surface area contributed by atoms with Crippen molar-refractivity contribution in [2.24, 2.45) is 0 Å². The van der Waals surface area contributed by atoms with Crippen molar-refractivity contribution in [2.45, 2.75) is 46.1 Å². The van der Waals surface area contributed by atoms with Gasteiger partial charge in [0, 0.05) is 45.0 Å². The number of ether oxygens (including phenoxy) is 1. The van der Waals surface area contributed by atoms with Crippen molar-refractivity contribution in [1.29, 1.82) is 5.26 Å². The molecular weight excluding hydrogens is 482 g/mol. The minimum absolute atomic E-state index is 0.0296. The van der Waals surface area contributed by atoms with Gasteiger partial charge in [0.2, 0.25) is 5.95 Å². The fraction of sp³-hybridized carbons (Fsp3) is 0.464. The number of imidazole rings is 1. The third kappa shape index (κ3) is 7.60. The Balaban J connectivity index is 0.000000505. The van der Waals surface area contributed by atoms with Gasteiger partial charge < -0.3 is 15.0 Å². The first-order valence-corrected chi connectivity index (χ1v) is 13.2. The van der Waals surface area contributed by atoms with E-state index < -0.39 is 0 Å². The second-order valence-corrected chi connectivity index (χ2v) is 9.00. The second kappa shape index (κ2) is 14.8. The van der Waals surface area contributed by atoms with Crippen LogP contribution >= 0.6 is 0 Å². The second-order valence-electron chi connectivity index (χ2n) is 9.00. The number of carbonyl (C=O) groups excluding carboxylic acids is 2. The van der Waals surface area contributed by atoms with E-state index in [0.29, 0.717) is 40.3 Å². The van der Waals surface area contributed by atoms with Crippen LogP contribution in [0.3, 0.4) is 0 Å². The number of nitrogens with one attached hydrogen (secondary N) is 2. The number of carbonyl (C=O) groups is 2. The van der Waals surface area contributed by atoms with E-state index >= 15 is 0 Å². The normalized spacial score (nSPS) is 12.9. The van der Waals surface area contributed by atoms with Crippen molar-refractivity contribution in [3.63, 3.8) is 0 Å². The van der Waals surface area contributed by atoms with E-state index in [1.807, 2.05) is 22.5 Å². The number of rotatable bonds is 9. The van der Waals surface area contributed by atoms with Crippen LogP contribution in [0.1, 0.15) is 65.8 Å². The summed E-state index contributed by atoms with van der Waals surface area (Å²) in [5.41, 5.74) is 2.49. The molecule has 1 aliphatic rings. The van der Waals surface area contributed by atoms with Crippen LogP contribution < -0.4 is 10.6 Å². The molecule has 4 rings (SSSR count).